The Hall–Kier alpha value is -3.09. The number of H-pyrrole nitrogens is 1. The molecule has 0 bridgehead atoms. The van der Waals surface area contributed by atoms with E-state index >= 15 is 0 Å². The standard InChI is InChI=1S/C19H24N6O/c1-4-5-13(2)16-12-18(23-22-16)21-19(26)14-6-8-15(9-7-14)20-17-10-11-25(3)24-17/h6-13H,4-5H2,1-3H3,(H,20,24)(H2,21,22,23,26). The number of amides is 1. The van der Waals surface area contributed by atoms with Crippen molar-refractivity contribution in [3.05, 3.63) is 53.9 Å². The van der Waals surface area contributed by atoms with Crippen LogP contribution in [0.1, 0.15) is 48.7 Å². The molecule has 3 N–H and O–H groups in total. The van der Waals surface area contributed by atoms with E-state index in [9.17, 15) is 4.79 Å². The van der Waals surface area contributed by atoms with Crippen LogP contribution in [0.5, 0.6) is 0 Å². The molecule has 3 rings (SSSR count). The number of nitrogens with zero attached hydrogens (tertiary/aromatic N) is 3. The smallest absolute Gasteiger partial charge is 0.256 e. The van der Waals surface area contributed by atoms with Gasteiger partial charge in [-0.15, -0.1) is 0 Å². The first-order valence-corrected chi connectivity index (χ1v) is 8.78. The summed E-state index contributed by atoms with van der Waals surface area (Å²) < 4.78 is 1.73. The molecule has 0 fully saturated rings. The molecule has 1 unspecified atom stereocenters. The van der Waals surface area contributed by atoms with Gasteiger partial charge in [-0.3, -0.25) is 14.6 Å². The minimum atomic E-state index is -0.185. The maximum atomic E-state index is 12.4. The molecule has 3 aromatic rings. The molecule has 1 atom stereocenters. The van der Waals surface area contributed by atoms with E-state index in [-0.39, 0.29) is 5.91 Å². The molecule has 1 amide bonds. The van der Waals surface area contributed by atoms with Gasteiger partial charge in [0, 0.05) is 42.3 Å². The third kappa shape index (κ3) is 4.30. The monoisotopic (exact) mass is 352 g/mol. The highest BCUT2D eigenvalue weighted by Crippen LogP contribution is 2.21. The third-order valence-corrected chi connectivity index (χ3v) is 4.22. The van der Waals surface area contributed by atoms with Crippen molar-refractivity contribution in [3.8, 4) is 0 Å². The largest absolute Gasteiger partial charge is 0.339 e. The topological polar surface area (TPSA) is 87.6 Å². The number of anilines is 3. The summed E-state index contributed by atoms with van der Waals surface area (Å²) in [7, 11) is 1.86. The summed E-state index contributed by atoms with van der Waals surface area (Å²) in [4.78, 5) is 12.4. The van der Waals surface area contributed by atoms with Gasteiger partial charge in [-0.2, -0.15) is 10.2 Å². The number of carbonyl (C=O) groups is 1. The SMILES string of the molecule is CCCC(C)c1cc(NC(=O)c2ccc(Nc3ccn(C)n3)cc2)n[nH]1. The minimum absolute atomic E-state index is 0.185. The second-order valence-corrected chi connectivity index (χ2v) is 6.43. The van der Waals surface area contributed by atoms with Gasteiger partial charge in [0.05, 0.1) is 0 Å². The van der Waals surface area contributed by atoms with Crippen molar-refractivity contribution in [2.75, 3.05) is 10.6 Å². The highest BCUT2D eigenvalue weighted by atomic mass is 16.1. The van der Waals surface area contributed by atoms with E-state index in [0.29, 0.717) is 17.3 Å². The van der Waals surface area contributed by atoms with Crippen LogP contribution in [0.25, 0.3) is 0 Å². The summed E-state index contributed by atoms with van der Waals surface area (Å²) in [5.74, 6) is 1.52. The Kier molecular flexibility index (Phi) is 5.36. The van der Waals surface area contributed by atoms with E-state index in [0.717, 1.165) is 30.0 Å². The summed E-state index contributed by atoms with van der Waals surface area (Å²) in [6, 6.07) is 11.0. The lowest BCUT2D eigenvalue weighted by molar-refractivity contribution is 0.102. The maximum Gasteiger partial charge on any atom is 0.256 e. The fourth-order valence-electron chi connectivity index (χ4n) is 2.76. The van der Waals surface area contributed by atoms with Crippen LogP contribution in [0.15, 0.2) is 42.6 Å². The lowest BCUT2D eigenvalue weighted by Crippen LogP contribution is -2.12. The molecule has 7 heteroatoms. The number of aryl methyl sites for hydroxylation is 1. The van der Waals surface area contributed by atoms with Gasteiger partial charge in [-0.25, -0.2) is 0 Å². The molecule has 0 saturated heterocycles. The predicted octanol–water partition coefficient (Wildman–Crippen LogP) is 4.04. The van der Waals surface area contributed by atoms with Gasteiger partial charge in [0.2, 0.25) is 0 Å². The van der Waals surface area contributed by atoms with E-state index in [1.54, 1.807) is 16.8 Å². The van der Waals surface area contributed by atoms with Crippen LogP contribution in [-0.2, 0) is 7.05 Å². The fourth-order valence-corrected chi connectivity index (χ4v) is 2.76. The number of rotatable bonds is 7. The minimum Gasteiger partial charge on any atom is -0.339 e. The second kappa shape index (κ2) is 7.86. The first-order valence-electron chi connectivity index (χ1n) is 8.78. The molecule has 7 nitrogen and oxygen atoms in total. The molecule has 0 saturated carbocycles. The number of aromatic nitrogens is 4. The molecule has 2 heterocycles. The number of carbonyl (C=O) groups excluding carboxylic acids is 1. The Labute approximate surface area is 152 Å². The van der Waals surface area contributed by atoms with Gasteiger partial charge in [-0.05, 0) is 36.6 Å². The molecule has 0 aliphatic rings. The summed E-state index contributed by atoms with van der Waals surface area (Å²) in [6.45, 7) is 4.30. The van der Waals surface area contributed by atoms with Crippen LogP contribution >= 0.6 is 0 Å². The molecule has 0 radical (unpaired) electrons. The van der Waals surface area contributed by atoms with Crippen molar-refractivity contribution in [3.63, 3.8) is 0 Å². The maximum absolute atomic E-state index is 12.4. The van der Waals surface area contributed by atoms with Gasteiger partial charge in [0.25, 0.3) is 5.91 Å². The van der Waals surface area contributed by atoms with Gasteiger partial charge in [-0.1, -0.05) is 20.3 Å². The summed E-state index contributed by atoms with van der Waals surface area (Å²) in [6.07, 6.45) is 4.06. The average molecular weight is 352 g/mol. The summed E-state index contributed by atoms with van der Waals surface area (Å²) >= 11 is 0. The van der Waals surface area contributed by atoms with Crippen LogP contribution in [0.4, 0.5) is 17.3 Å². The Morgan fingerprint density at radius 2 is 2.00 bits per heavy atom. The number of aromatic amines is 1. The van der Waals surface area contributed by atoms with Crippen LogP contribution in [0.3, 0.4) is 0 Å². The molecule has 0 spiro atoms. The van der Waals surface area contributed by atoms with Crippen molar-refractivity contribution >= 4 is 23.2 Å². The lowest BCUT2D eigenvalue weighted by atomic mass is 10.0. The van der Waals surface area contributed by atoms with Crippen molar-refractivity contribution in [1.82, 2.24) is 20.0 Å². The van der Waals surface area contributed by atoms with E-state index in [4.69, 9.17) is 0 Å². The van der Waals surface area contributed by atoms with E-state index in [1.807, 2.05) is 37.5 Å². The number of hydrogen-bond donors (Lipinski definition) is 3. The van der Waals surface area contributed by atoms with E-state index < -0.39 is 0 Å². The normalized spacial score (nSPS) is 12.0. The zero-order valence-corrected chi connectivity index (χ0v) is 15.3. The van der Waals surface area contributed by atoms with Crippen molar-refractivity contribution in [2.24, 2.45) is 7.05 Å². The lowest BCUT2D eigenvalue weighted by Gasteiger charge is -2.06. The Morgan fingerprint density at radius 3 is 2.65 bits per heavy atom. The molecule has 26 heavy (non-hydrogen) atoms. The van der Waals surface area contributed by atoms with Gasteiger partial charge >= 0.3 is 0 Å². The Balaban J connectivity index is 1.61. The van der Waals surface area contributed by atoms with Gasteiger partial charge in [0.15, 0.2) is 11.6 Å². The van der Waals surface area contributed by atoms with Gasteiger partial charge in [0.1, 0.15) is 0 Å². The average Bonchev–Trinajstić information content (AvgIpc) is 3.25. The third-order valence-electron chi connectivity index (χ3n) is 4.22. The van der Waals surface area contributed by atoms with Crippen molar-refractivity contribution in [2.45, 2.75) is 32.6 Å². The first-order chi connectivity index (χ1) is 12.5. The second-order valence-electron chi connectivity index (χ2n) is 6.43. The molecule has 1 aromatic carbocycles. The van der Waals surface area contributed by atoms with Crippen LogP contribution in [0, 0.1) is 0 Å². The molecular weight excluding hydrogens is 328 g/mol. The van der Waals surface area contributed by atoms with Crippen molar-refractivity contribution < 1.29 is 4.79 Å². The van der Waals surface area contributed by atoms with Crippen LogP contribution < -0.4 is 10.6 Å². The quantitative estimate of drug-likeness (QED) is 0.599. The Bertz CT molecular complexity index is 864. The number of benzene rings is 1. The highest BCUT2D eigenvalue weighted by molar-refractivity contribution is 6.04. The van der Waals surface area contributed by atoms with Crippen LogP contribution in [0.2, 0.25) is 0 Å². The molecule has 136 valence electrons. The number of nitrogens with one attached hydrogen (secondary N) is 3. The van der Waals surface area contributed by atoms with E-state index in [1.165, 1.54) is 0 Å². The summed E-state index contributed by atoms with van der Waals surface area (Å²) in [5.41, 5.74) is 2.48. The first kappa shape index (κ1) is 17.7. The molecule has 0 aliphatic carbocycles. The molecule has 2 aromatic heterocycles. The Morgan fingerprint density at radius 1 is 1.23 bits per heavy atom. The zero-order chi connectivity index (χ0) is 18.5. The van der Waals surface area contributed by atoms with E-state index in [2.05, 4.69) is 39.8 Å². The number of hydrogen-bond acceptors (Lipinski definition) is 4. The summed E-state index contributed by atoms with van der Waals surface area (Å²) in [5, 5.41) is 17.5. The van der Waals surface area contributed by atoms with Gasteiger partial charge < -0.3 is 10.6 Å². The predicted molar refractivity (Wildman–Crippen MR) is 103 cm³/mol. The van der Waals surface area contributed by atoms with Crippen LogP contribution in [-0.4, -0.2) is 25.9 Å². The molecular formula is C19H24N6O. The molecule has 0 aliphatic heterocycles. The highest BCUT2D eigenvalue weighted by Gasteiger charge is 2.12. The zero-order valence-electron chi connectivity index (χ0n) is 15.3. The fraction of sp³-hybridized carbons (Fsp3) is 0.316. The van der Waals surface area contributed by atoms with Crippen molar-refractivity contribution in [1.29, 1.82) is 0 Å².